The minimum atomic E-state index is -1.17. The molecule has 0 spiro atoms. The number of aryl methyl sites for hydroxylation is 1. The van der Waals surface area contributed by atoms with Gasteiger partial charge in [0.25, 0.3) is 5.56 Å². The Morgan fingerprint density at radius 1 is 1.26 bits per heavy atom. The minimum absolute atomic E-state index is 0.149. The van der Waals surface area contributed by atoms with E-state index in [1.165, 1.54) is 15.4 Å². The molecule has 31 heavy (non-hydrogen) atoms. The first kappa shape index (κ1) is 21.7. The molecule has 2 aromatic heterocycles. The maximum atomic E-state index is 12.4. The second-order valence-electron chi connectivity index (χ2n) is 7.14. The zero-order chi connectivity index (χ0) is 22.1. The number of H-pyrrole nitrogens is 1. The lowest BCUT2D eigenvalue weighted by atomic mass is 10.1. The summed E-state index contributed by atoms with van der Waals surface area (Å²) in [6.07, 6.45) is -0.184. The van der Waals surface area contributed by atoms with Gasteiger partial charge < -0.3 is 19.7 Å². The number of aromatic nitrogens is 5. The highest BCUT2D eigenvalue weighted by atomic mass is 127. The summed E-state index contributed by atoms with van der Waals surface area (Å²) in [6, 6.07) is 6.66. The molecule has 3 heterocycles. The number of halogens is 1. The molecule has 164 valence electrons. The lowest BCUT2D eigenvalue weighted by Crippen LogP contribution is -2.37. The highest BCUT2D eigenvalue weighted by Crippen LogP contribution is 2.37. The van der Waals surface area contributed by atoms with Crippen molar-refractivity contribution in [3.63, 3.8) is 0 Å². The van der Waals surface area contributed by atoms with Crippen molar-refractivity contribution in [2.45, 2.75) is 38.0 Å². The maximum Gasteiger partial charge on any atom is 0.330 e. The fraction of sp³-hybridized carbons (Fsp3) is 0.368. The molecular weight excluding hydrogens is 521 g/mol. The van der Waals surface area contributed by atoms with Crippen LogP contribution >= 0.6 is 22.6 Å². The van der Waals surface area contributed by atoms with Crippen LogP contribution in [0.15, 0.2) is 46.2 Å². The Hall–Kier alpha value is -2.55. The van der Waals surface area contributed by atoms with Gasteiger partial charge in [-0.2, -0.15) is 0 Å². The Balaban J connectivity index is 1.60. The molecule has 0 amide bonds. The fourth-order valence-electron chi connectivity index (χ4n) is 3.39. The number of ether oxygens (including phenoxy) is 2. The molecule has 4 atom stereocenters. The van der Waals surface area contributed by atoms with Crippen LogP contribution in [0, 0.1) is 10.5 Å². The van der Waals surface area contributed by atoms with E-state index in [-0.39, 0.29) is 6.61 Å². The van der Waals surface area contributed by atoms with Gasteiger partial charge in [0.05, 0.1) is 12.8 Å². The normalized spacial score (nSPS) is 23.2. The van der Waals surface area contributed by atoms with Gasteiger partial charge in [0.15, 0.2) is 6.23 Å². The summed E-state index contributed by atoms with van der Waals surface area (Å²) in [7, 11) is 0. The molecule has 1 aliphatic heterocycles. The van der Waals surface area contributed by atoms with Gasteiger partial charge in [-0.05, 0) is 53.8 Å². The number of benzene rings is 1. The molecule has 4 rings (SSSR count). The average Bonchev–Trinajstić information content (AvgIpc) is 3.34. The van der Waals surface area contributed by atoms with Gasteiger partial charge in [0.1, 0.15) is 36.3 Å². The van der Waals surface area contributed by atoms with Crippen molar-refractivity contribution < 1.29 is 19.7 Å². The zero-order valence-electron chi connectivity index (χ0n) is 16.4. The number of nitrogens with one attached hydrogen (secondary N) is 1. The molecular formula is C19H20IN5O6. The molecule has 0 unspecified atom stereocenters. The van der Waals surface area contributed by atoms with E-state index in [9.17, 15) is 19.8 Å². The molecule has 3 N–H and O–H groups in total. The van der Waals surface area contributed by atoms with E-state index < -0.39 is 42.3 Å². The predicted octanol–water partition coefficient (Wildman–Crippen LogP) is 0.112. The summed E-state index contributed by atoms with van der Waals surface area (Å²) >= 11 is 2.20. The summed E-state index contributed by atoms with van der Waals surface area (Å²) in [5.41, 5.74) is -0.402. The van der Waals surface area contributed by atoms with E-state index in [2.05, 4.69) is 37.9 Å². The second-order valence-corrected chi connectivity index (χ2v) is 8.39. The van der Waals surface area contributed by atoms with E-state index in [1.54, 1.807) is 13.1 Å². The van der Waals surface area contributed by atoms with E-state index in [0.29, 0.717) is 17.0 Å². The molecule has 1 fully saturated rings. The van der Waals surface area contributed by atoms with Crippen LogP contribution in [0.2, 0.25) is 0 Å². The number of hydrogen-bond acceptors (Lipinski definition) is 8. The highest BCUT2D eigenvalue weighted by molar-refractivity contribution is 14.1. The largest absolute Gasteiger partial charge is 0.487 e. The number of rotatable bonds is 6. The van der Waals surface area contributed by atoms with Crippen molar-refractivity contribution >= 4 is 22.6 Å². The first-order valence-corrected chi connectivity index (χ1v) is 10.5. The standard InChI is InChI=1S/C19H20IN5O6/c1-10-6-24(19(29)21-17(10)28)18-15(16(27)14(8-26)31-18)25-7-12(22-23-25)9-30-13-4-2-11(20)3-5-13/h2-7,14-16,18,26-27H,8-9H2,1H3,(H,21,28,29)/t14-,15-,16-,18-/m1/s1. The van der Waals surface area contributed by atoms with E-state index in [4.69, 9.17) is 9.47 Å². The Morgan fingerprint density at radius 2 is 2.00 bits per heavy atom. The topological polar surface area (TPSA) is 144 Å². The van der Waals surface area contributed by atoms with Crippen LogP contribution in [0.25, 0.3) is 0 Å². The van der Waals surface area contributed by atoms with Crippen LogP contribution in [-0.4, -0.2) is 53.6 Å². The van der Waals surface area contributed by atoms with Crippen molar-refractivity contribution in [2.24, 2.45) is 0 Å². The third kappa shape index (κ3) is 4.42. The molecule has 12 heteroatoms. The van der Waals surface area contributed by atoms with Crippen LogP contribution in [0.3, 0.4) is 0 Å². The summed E-state index contributed by atoms with van der Waals surface area (Å²) in [4.78, 5) is 26.3. The number of aliphatic hydroxyl groups excluding tert-OH is 2. The van der Waals surface area contributed by atoms with Crippen LogP contribution in [0.1, 0.15) is 23.5 Å². The number of aliphatic hydroxyl groups is 2. The molecule has 0 bridgehead atoms. The van der Waals surface area contributed by atoms with Gasteiger partial charge in [0, 0.05) is 15.3 Å². The Labute approximate surface area is 189 Å². The van der Waals surface area contributed by atoms with Gasteiger partial charge in [-0.15, -0.1) is 5.10 Å². The third-order valence-corrected chi connectivity index (χ3v) is 5.72. The van der Waals surface area contributed by atoms with Crippen molar-refractivity contribution in [1.82, 2.24) is 24.5 Å². The monoisotopic (exact) mass is 541 g/mol. The van der Waals surface area contributed by atoms with Crippen LogP contribution < -0.4 is 16.0 Å². The number of hydrogen-bond donors (Lipinski definition) is 3. The molecule has 3 aromatic rings. The van der Waals surface area contributed by atoms with Gasteiger partial charge in [-0.1, -0.05) is 5.21 Å². The van der Waals surface area contributed by atoms with Crippen LogP contribution in [-0.2, 0) is 11.3 Å². The van der Waals surface area contributed by atoms with Gasteiger partial charge in [-0.25, -0.2) is 9.48 Å². The van der Waals surface area contributed by atoms with Crippen LogP contribution in [0.4, 0.5) is 0 Å². The van der Waals surface area contributed by atoms with E-state index >= 15 is 0 Å². The molecule has 1 saturated heterocycles. The maximum absolute atomic E-state index is 12.4. The lowest BCUT2D eigenvalue weighted by molar-refractivity contribution is -0.0480. The fourth-order valence-corrected chi connectivity index (χ4v) is 3.75. The first-order chi connectivity index (χ1) is 14.9. The zero-order valence-corrected chi connectivity index (χ0v) is 18.5. The second kappa shape index (κ2) is 8.90. The molecule has 0 radical (unpaired) electrons. The lowest BCUT2D eigenvalue weighted by Gasteiger charge is -2.21. The van der Waals surface area contributed by atoms with E-state index in [1.807, 2.05) is 24.3 Å². The SMILES string of the molecule is Cc1cn([C@@H]2O[C@H](CO)[C@@H](O)[C@H]2n2cc(COc3ccc(I)cc3)nn2)c(=O)[nH]c1=O. The summed E-state index contributed by atoms with van der Waals surface area (Å²) in [5, 5.41) is 28.4. The van der Waals surface area contributed by atoms with Crippen molar-refractivity contribution in [3.8, 4) is 5.75 Å². The predicted molar refractivity (Wildman–Crippen MR) is 116 cm³/mol. The Bertz CT molecular complexity index is 1170. The highest BCUT2D eigenvalue weighted by Gasteiger charge is 2.46. The van der Waals surface area contributed by atoms with Gasteiger partial charge >= 0.3 is 5.69 Å². The summed E-state index contributed by atoms with van der Waals surface area (Å²) in [5.74, 6) is 0.674. The quantitative estimate of drug-likeness (QED) is 0.373. The third-order valence-electron chi connectivity index (χ3n) is 5.00. The molecule has 1 aliphatic rings. The van der Waals surface area contributed by atoms with Gasteiger partial charge in [-0.3, -0.25) is 14.3 Å². The van der Waals surface area contributed by atoms with Crippen molar-refractivity contribution in [2.75, 3.05) is 6.61 Å². The minimum Gasteiger partial charge on any atom is -0.487 e. The Kier molecular flexibility index (Phi) is 6.22. The molecule has 11 nitrogen and oxygen atoms in total. The smallest absolute Gasteiger partial charge is 0.330 e. The first-order valence-electron chi connectivity index (χ1n) is 9.43. The molecule has 1 aromatic carbocycles. The number of aromatic amines is 1. The molecule has 0 saturated carbocycles. The van der Waals surface area contributed by atoms with Crippen molar-refractivity contribution in [3.05, 3.63) is 72.3 Å². The molecule has 0 aliphatic carbocycles. The van der Waals surface area contributed by atoms with E-state index in [0.717, 1.165) is 3.57 Å². The van der Waals surface area contributed by atoms with Crippen LogP contribution in [0.5, 0.6) is 5.75 Å². The summed E-state index contributed by atoms with van der Waals surface area (Å²) in [6.45, 7) is 1.24. The Morgan fingerprint density at radius 3 is 2.71 bits per heavy atom. The van der Waals surface area contributed by atoms with Gasteiger partial charge in [0.2, 0.25) is 0 Å². The number of nitrogens with zero attached hydrogens (tertiary/aromatic N) is 4. The average molecular weight is 541 g/mol. The summed E-state index contributed by atoms with van der Waals surface area (Å²) < 4.78 is 15.1. The van der Waals surface area contributed by atoms with Crippen molar-refractivity contribution in [1.29, 1.82) is 0 Å².